The first kappa shape index (κ1) is 17.8. The molecule has 1 heterocycles. The average molecular weight is 352 g/mol. The molecule has 2 rings (SSSR count). The lowest BCUT2D eigenvalue weighted by Crippen LogP contribution is -2.36. The number of carbonyl (C=O) groups is 1. The molecule has 0 aliphatic heterocycles. The van der Waals surface area contributed by atoms with Crippen LogP contribution in [0.15, 0.2) is 27.8 Å². The van der Waals surface area contributed by atoms with Gasteiger partial charge in [-0.15, -0.1) is 0 Å². The normalized spacial score (nSPS) is 10.5. The van der Waals surface area contributed by atoms with Crippen LogP contribution in [0.3, 0.4) is 0 Å². The molecule has 0 unspecified atom stereocenters. The lowest BCUT2D eigenvalue weighted by Gasteiger charge is -2.09. The molecular formula is C16H18ClN3O4. The lowest BCUT2D eigenvalue weighted by molar-refractivity contribution is -0.116. The van der Waals surface area contributed by atoms with Crippen LogP contribution in [0.25, 0.3) is 0 Å². The van der Waals surface area contributed by atoms with Crippen molar-refractivity contribution in [2.75, 3.05) is 12.4 Å². The number of amides is 1. The summed E-state index contributed by atoms with van der Waals surface area (Å²) in [6.07, 6.45) is 0.330. The minimum atomic E-state index is -0.474. The van der Waals surface area contributed by atoms with Crippen molar-refractivity contribution in [1.82, 2.24) is 9.55 Å². The molecule has 8 heteroatoms. The summed E-state index contributed by atoms with van der Waals surface area (Å²) in [5.74, 6) is 0.255. The van der Waals surface area contributed by atoms with Crippen molar-refractivity contribution in [1.29, 1.82) is 0 Å². The van der Waals surface area contributed by atoms with E-state index in [2.05, 4.69) is 10.3 Å². The van der Waals surface area contributed by atoms with E-state index < -0.39 is 11.2 Å². The Morgan fingerprint density at radius 2 is 2.08 bits per heavy atom. The highest BCUT2D eigenvalue weighted by molar-refractivity contribution is 6.32. The Hall–Kier alpha value is -2.54. The van der Waals surface area contributed by atoms with E-state index in [9.17, 15) is 14.4 Å². The first-order chi connectivity index (χ1) is 11.3. The SMILES string of the molecule is COc1ccc(NC(=O)CCc2c(C)[nH]c(=O)n(C)c2=O)cc1Cl. The number of ether oxygens (including phenoxy) is 1. The van der Waals surface area contributed by atoms with Gasteiger partial charge in [0.2, 0.25) is 5.91 Å². The van der Waals surface area contributed by atoms with Gasteiger partial charge in [-0.25, -0.2) is 4.79 Å². The molecule has 0 bridgehead atoms. The van der Waals surface area contributed by atoms with E-state index in [1.807, 2.05) is 0 Å². The molecule has 1 aromatic carbocycles. The zero-order chi connectivity index (χ0) is 17.9. The Morgan fingerprint density at radius 1 is 1.38 bits per heavy atom. The molecule has 1 amide bonds. The number of benzene rings is 1. The third kappa shape index (κ3) is 3.86. The molecule has 0 aliphatic carbocycles. The topological polar surface area (TPSA) is 93.2 Å². The van der Waals surface area contributed by atoms with Gasteiger partial charge in [-0.05, 0) is 31.5 Å². The van der Waals surface area contributed by atoms with Crippen LogP contribution in [-0.2, 0) is 18.3 Å². The minimum Gasteiger partial charge on any atom is -0.495 e. The number of aryl methyl sites for hydroxylation is 1. The number of halogens is 1. The van der Waals surface area contributed by atoms with Crippen LogP contribution in [0, 0.1) is 6.92 Å². The molecule has 0 saturated carbocycles. The number of aromatic amines is 1. The molecule has 128 valence electrons. The summed E-state index contributed by atoms with van der Waals surface area (Å²) in [6, 6.07) is 4.91. The number of nitrogens with zero attached hydrogens (tertiary/aromatic N) is 1. The Balaban J connectivity index is 2.07. The summed E-state index contributed by atoms with van der Waals surface area (Å²) in [5, 5.41) is 3.10. The van der Waals surface area contributed by atoms with Crippen molar-refractivity contribution < 1.29 is 9.53 Å². The summed E-state index contributed by atoms with van der Waals surface area (Å²) >= 11 is 6.01. The zero-order valence-electron chi connectivity index (χ0n) is 13.6. The summed E-state index contributed by atoms with van der Waals surface area (Å²) in [7, 11) is 2.90. The van der Waals surface area contributed by atoms with Crippen LogP contribution >= 0.6 is 11.6 Å². The lowest BCUT2D eigenvalue weighted by atomic mass is 10.1. The van der Waals surface area contributed by atoms with Gasteiger partial charge in [-0.2, -0.15) is 0 Å². The third-order valence-corrected chi connectivity index (χ3v) is 3.95. The molecule has 0 atom stereocenters. The fraction of sp³-hybridized carbons (Fsp3) is 0.312. The second kappa shape index (κ2) is 7.35. The number of methoxy groups -OCH3 is 1. The molecule has 0 aliphatic rings. The van der Waals surface area contributed by atoms with E-state index >= 15 is 0 Å². The number of H-pyrrole nitrogens is 1. The highest BCUT2D eigenvalue weighted by Crippen LogP contribution is 2.27. The van der Waals surface area contributed by atoms with E-state index in [1.165, 1.54) is 14.2 Å². The van der Waals surface area contributed by atoms with Crippen molar-refractivity contribution >= 4 is 23.2 Å². The molecule has 7 nitrogen and oxygen atoms in total. The van der Waals surface area contributed by atoms with E-state index in [0.29, 0.717) is 27.7 Å². The van der Waals surface area contributed by atoms with Gasteiger partial charge in [0.05, 0.1) is 12.1 Å². The van der Waals surface area contributed by atoms with Crippen LogP contribution in [0.2, 0.25) is 5.02 Å². The predicted octanol–water partition coefficient (Wildman–Crippen LogP) is 1.62. The standard InChI is InChI=1S/C16H18ClN3O4/c1-9-11(15(22)20(2)16(23)18-9)5-7-14(21)19-10-4-6-13(24-3)12(17)8-10/h4,6,8H,5,7H2,1-3H3,(H,18,23)(H,19,21). The minimum absolute atomic E-state index is 0.103. The van der Waals surface area contributed by atoms with Crippen LogP contribution in [0.5, 0.6) is 5.75 Å². The Kier molecular flexibility index (Phi) is 5.46. The molecule has 0 spiro atoms. The fourth-order valence-corrected chi connectivity index (χ4v) is 2.53. The van der Waals surface area contributed by atoms with Crippen molar-refractivity contribution in [3.05, 3.63) is 55.3 Å². The molecular weight excluding hydrogens is 334 g/mol. The van der Waals surface area contributed by atoms with E-state index in [0.717, 1.165) is 4.57 Å². The second-order valence-electron chi connectivity index (χ2n) is 5.30. The van der Waals surface area contributed by atoms with Crippen LogP contribution in [0.4, 0.5) is 5.69 Å². The molecule has 2 N–H and O–H groups in total. The van der Waals surface area contributed by atoms with Crippen molar-refractivity contribution in [2.45, 2.75) is 19.8 Å². The number of hydrogen-bond acceptors (Lipinski definition) is 4. The Bertz CT molecular complexity index is 886. The van der Waals surface area contributed by atoms with Gasteiger partial charge >= 0.3 is 5.69 Å². The van der Waals surface area contributed by atoms with Gasteiger partial charge in [0, 0.05) is 30.4 Å². The Labute approximate surface area is 143 Å². The van der Waals surface area contributed by atoms with Gasteiger partial charge < -0.3 is 15.0 Å². The molecule has 1 aromatic heterocycles. The first-order valence-electron chi connectivity index (χ1n) is 7.25. The molecule has 0 fully saturated rings. The fourth-order valence-electron chi connectivity index (χ4n) is 2.28. The third-order valence-electron chi connectivity index (χ3n) is 3.65. The molecule has 0 radical (unpaired) electrons. The van der Waals surface area contributed by atoms with E-state index in [-0.39, 0.29) is 18.7 Å². The quantitative estimate of drug-likeness (QED) is 0.856. The zero-order valence-corrected chi connectivity index (χ0v) is 14.4. The Morgan fingerprint density at radius 3 is 2.71 bits per heavy atom. The highest BCUT2D eigenvalue weighted by atomic mass is 35.5. The second-order valence-corrected chi connectivity index (χ2v) is 5.70. The molecule has 0 saturated heterocycles. The number of anilines is 1. The smallest absolute Gasteiger partial charge is 0.328 e. The average Bonchev–Trinajstić information content (AvgIpc) is 2.53. The van der Waals surface area contributed by atoms with Gasteiger partial charge in [0.1, 0.15) is 5.75 Å². The predicted molar refractivity (Wildman–Crippen MR) is 92.0 cm³/mol. The van der Waals surface area contributed by atoms with E-state index in [1.54, 1.807) is 25.1 Å². The summed E-state index contributed by atoms with van der Waals surface area (Å²) < 4.78 is 6.04. The maximum absolute atomic E-state index is 12.1. The largest absolute Gasteiger partial charge is 0.495 e. The number of nitrogens with one attached hydrogen (secondary N) is 2. The monoisotopic (exact) mass is 351 g/mol. The van der Waals surface area contributed by atoms with Gasteiger partial charge in [-0.1, -0.05) is 11.6 Å². The first-order valence-corrected chi connectivity index (χ1v) is 7.63. The summed E-state index contributed by atoms with van der Waals surface area (Å²) in [6.45, 7) is 1.64. The highest BCUT2D eigenvalue weighted by Gasteiger charge is 2.12. The van der Waals surface area contributed by atoms with E-state index in [4.69, 9.17) is 16.3 Å². The number of aromatic nitrogens is 2. The van der Waals surface area contributed by atoms with Crippen molar-refractivity contribution in [2.24, 2.45) is 7.05 Å². The summed E-state index contributed by atoms with van der Waals surface area (Å²) in [4.78, 5) is 38.2. The van der Waals surface area contributed by atoms with Gasteiger partial charge in [-0.3, -0.25) is 14.2 Å². The van der Waals surface area contributed by atoms with Crippen LogP contribution in [-0.4, -0.2) is 22.6 Å². The maximum Gasteiger partial charge on any atom is 0.328 e. The number of rotatable bonds is 5. The molecule has 24 heavy (non-hydrogen) atoms. The number of hydrogen-bond donors (Lipinski definition) is 2. The van der Waals surface area contributed by atoms with Crippen molar-refractivity contribution in [3.8, 4) is 5.75 Å². The van der Waals surface area contributed by atoms with Crippen LogP contribution in [0.1, 0.15) is 17.7 Å². The van der Waals surface area contributed by atoms with Gasteiger partial charge in [0.15, 0.2) is 0 Å². The maximum atomic E-state index is 12.1. The van der Waals surface area contributed by atoms with Crippen LogP contribution < -0.4 is 21.3 Å². The van der Waals surface area contributed by atoms with Crippen molar-refractivity contribution in [3.63, 3.8) is 0 Å². The summed E-state index contributed by atoms with van der Waals surface area (Å²) in [5.41, 5.74) is 0.565. The molecule has 2 aromatic rings. The number of carbonyl (C=O) groups excluding carboxylic acids is 1. The van der Waals surface area contributed by atoms with Gasteiger partial charge in [0.25, 0.3) is 5.56 Å².